The highest BCUT2D eigenvalue weighted by Gasteiger charge is 2.41. The normalized spacial score (nSPS) is 27.7. The second-order valence-corrected chi connectivity index (χ2v) is 6.58. The predicted molar refractivity (Wildman–Crippen MR) is 75.3 cm³/mol. The van der Waals surface area contributed by atoms with E-state index in [2.05, 4.69) is 29.2 Å². The second-order valence-electron chi connectivity index (χ2n) is 6.58. The molecule has 1 aliphatic carbocycles. The Bertz CT molecular complexity index is 331. The van der Waals surface area contributed by atoms with Gasteiger partial charge in [-0.15, -0.1) is 0 Å². The highest BCUT2D eigenvalue weighted by Crippen LogP contribution is 2.26. The summed E-state index contributed by atoms with van der Waals surface area (Å²) in [6, 6.07) is 0.908. The number of nitrogens with zero attached hydrogens (tertiary/aromatic N) is 2. The van der Waals surface area contributed by atoms with Gasteiger partial charge in [0.15, 0.2) is 0 Å². The molecule has 2 atom stereocenters. The lowest BCUT2D eigenvalue weighted by molar-refractivity contribution is -0.145. The van der Waals surface area contributed by atoms with Gasteiger partial charge in [-0.05, 0) is 53.2 Å². The first-order chi connectivity index (χ1) is 8.90. The summed E-state index contributed by atoms with van der Waals surface area (Å²) >= 11 is 0. The van der Waals surface area contributed by atoms with Gasteiger partial charge in [0, 0.05) is 25.2 Å². The molecule has 1 heterocycles. The van der Waals surface area contributed by atoms with Crippen LogP contribution in [0, 0.1) is 0 Å². The molecule has 2 aliphatic rings. The van der Waals surface area contributed by atoms with Crippen LogP contribution in [0.1, 0.15) is 32.6 Å². The molecule has 0 amide bonds. The molecular weight excluding hydrogens is 242 g/mol. The first-order valence-corrected chi connectivity index (χ1v) is 7.30. The monoisotopic (exact) mass is 269 g/mol. The fourth-order valence-electron chi connectivity index (χ4n) is 2.99. The lowest BCUT2D eigenvalue weighted by atomic mass is 10.0. The fourth-order valence-corrected chi connectivity index (χ4v) is 2.99. The number of hydrogen-bond donors (Lipinski definition) is 2. The van der Waals surface area contributed by atoms with Crippen LogP contribution in [0.15, 0.2) is 0 Å². The Balaban J connectivity index is 1.97. The molecule has 1 saturated carbocycles. The van der Waals surface area contributed by atoms with Gasteiger partial charge in [-0.1, -0.05) is 0 Å². The van der Waals surface area contributed by atoms with E-state index < -0.39 is 11.5 Å². The molecule has 5 heteroatoms. The molecule has 1 aliphatic heterocycles. The van der Waals surface area contributed by atoms with E-state index in [-0.39, 0.29) is 0 Å². The van der Waals surface area contributed by atoms with E-state index in [0.717, 1.165) is 25.9 Å². The smallest absolute Gasteiger partial charge is 0.324 e. The molecule has 5 nitrogen and oxygen atoms in total. The number of likely N-dealkylation sites (tertiary alicyclic amines) is 1. The maximum Gasteiger partial charge on any atom is 0.324 e. The molecule has 2 fully saturated rings. The Labute approximate surface area is 115 Å². The average Bonchev–Trinajstić information content (AvgIpc) is 3.00. The largest absolute Gasteiger partial charge is 0.480 e. The SMILES string of the molecule is CN(C)CC1CCCN1CC(C)(NC1CC1)C(=O)O. The first kappa shape index (κ1) is 14.8. The summed E-state index contributed by atoms with van der Waals surface area (Å²) in [5.74, 6) is -0.727. The van der Waals surface area contributed by atoms with Crippen LogP contribution in [0.2, 0.25) is 0 Å². The molecule has 0 spiro atoms. The first-order valence-electron chi connectivity index (χ1n) is 7.30. The summed E-state index contributed by atoms with van der Waals surface area (Å²) in [4.78, 5) is 16.1. The van der Waals surface area contributed by atoms with Crippen molar-refractivity contribution in [3.05, 3.63) is 0 Å². The summed E-state index contributed by atoms with van der Waals surface area (Å²) in [5, 5.41) is 12.9. The van der Waals surface area contributed by atoms with E-state index in [0.29, 0.717) is 18.6 Å². The molecule has 19 heavy (non-hydrogen) atoms. The van der Waals surface area contributed by atoms with Gasteiger partial charge in [-0.2, -0.15) is 0 Å². The number of aliphatic carboxylic acids is 1. The van der Waals surface area contributed by atoms with Crippen LogP contribution in [-0.2, 0) is 4.79 Å². The van der Waals surface area contributed by atoms with Crippen molar-refractivity contribution in [2.75, 3.05) is 33.7 Å². The highest BCUT2D eigenvalue weighted by atomic mass is 16.4. The zero-order chi connectivity index (χ0) is 14.0. The zero-order valence-electron chi connectivity index (χ0n) is 12.4. The van der Waals surface area contributed by atoms with Crippen molar-refractivity contribution in [1.29, 1.82) is 0 Å². The summed E-state index contributed by atoms with van der Waals surface area (Å²) in [5.41, 5.74) is -0.809. The van der Waals surface area contributed by atoms with Gasteiger partial charge >= 0.3 is 5.97 Å². The lowest BCUT2D eigenvalue weighted by Crippen LogP contribution is -2.59. The van der Waals surface area contributed by atoms with Gasteiger partial charge in [0.25, 0.3) is 0 Å². The Morgan fingerprint density at radius 1 is 1.42 bits per heavy atom. The Morgan fingerprint density at radius 3 is 2.63 bits per heavy atom. The van der Waals surface area contributed by atoms with E-state index in [9.17, 15) is 9.90 Å². The van der Waals surface area contributed by atoms with Gasteiger partial charge in [0.2, 0.25) is 0 Å². The molecule has 1 saturated heterocycles. The third kappa shape index (κ3) is 3.91. The second kappa shape index (κ2) is 5.77. The molecule has 0 bridgehead atoms. The molecule has 0 aromatic carbocycles. The summed E-state index contributed by atoms with van der Waals surface area (Å²) in [7, 11) is 4.16. The molecule has 2 rings (SSSR count). The molecule has 2 unspecified atom stereocenters. The Morgan fingerprint density at radius 2 is 2.11 bits per heavy atom. The van der Waals surface area contributed by atoms with E-state index in [1.54, 1.807) is 0 Å². The summed E-state index contributed by atoms with van der Waals surface area (Å²) in [6.45, 7) is 4.48. The molecule has 0 aromatic heterocycles. The number of carbonyl (C=O) groups is 1. The number of carboxylic acid groups (broad SMARTS) is 1. The van der Waals surface area contributed by atoms with Gasteiger partial charge in [-0.25, -0.2) is 0 Å². The van der Waals surface area contributed by atoms with Crippen LogP contribution < -0.4 is 5.32 Å². The summed E-state index contributed by atoms with van der Waals surface area (Å²) in [6.07, 6.45) is 4.59. The van der Waals surface area contributed by atoms with Gasteiger partial charge in [-0.3, -0.25) is 15.0 Å². The minimum atomic E-state index is -0.809. The van der Waals surface area contributed by atoms with Gasteiger partial charge in [0.1, 0.15) is 5.54 Å². The van der Waals surface area contributed by atoms with Crippen LogP contribution >= 0.6 is 0 Å². The van der Waals surface area contributed by atoms with Crippen molar-refractivity contribution in [1.82, 2.24) is 15.1 Å². The van der Waals surface area contributed by atoms with Crippen LogP contribution in [0.25, 0.3) is 0 Å². The number of likely N-dealkylation sites (N-methyl/N-ethyl adjacent to an activating group) is 1. The lowest BCUT2D eigenvalue weighted by Gasteiger charge is -2.35. The van der Waals surface area contributed by atoms with Crippen molar-refractivity contribution in [2.45, 2.75) is 50.2 Å². The van der Waals surface area contributed by atoms with Gasteiger partial charge < -0.3 is 10.0 Å². The van der Waals surface area contributed by atoms with Crippen molar-refractivity contribution < 1.29 is 9.90 Å². The minimum Gasteiger partial charge on any atom is -0.480 e. The number of hydrogen-bond acceptors (Lipinski definition) is 4. The quantitative estimate of drug-likeness (QED) is 0.709. The molecule has 110 valence electrons. The number of carboxylic acids is 1. The van der Waals surface area contributed by atoms with Crippen LogP contribution in [-0.4, -0.2) is 72.2 Å². The maximum absolute atomic E-state index is 11.6. The molecule has 0 radical (unpaired) electrons. The van der Waals surface area contributed by atoms with Gasteiger partial charge in [0.05, 0.1) is 0 Å². The van der Waals surface area contributed by atoms with E-state index in [1.165, 1.54) is 12.8 Å². The number of nitrogens with one attached hydrogen (secondary N) is 1. The van der Waals surface area contributed by atoms with Crippen molar-refractivity contribution in [3.63, 3.8) is 0 Å². The highest BCUT2D eigenvalue weighted by molar-refractivity contribution is 5.78. The van der Waals surface area contributed by atoms with E-state index in [4.69, 9.17) is 0 Å². The van der Waals surface area contributed by atoms with Crippen LogP contribution in [0.4, 0.5) is 0 Å². The summed E-state index contributed by atoms with van der Waals surface area (Å²) < 4.78 is 0. The minimum absolute atomic E-state index is 0.413. The maximum atomic E-state index is 11.6. The molecule has 0 aromatic rings. The van der Waals surface area contributed by atoms with Crippen LogP contribution in [0.5, 0.6) is 0 Å². The third-order valence-electron chi connectivity index (χ3n) is 4.17. The Hall–Kier alpha value is -0.650. The predicted octanol–water partition coefficient (Wildman–Crippen LogP) is 0.608. The Kier molecular flexibility index (Phi) is 4.48. The van der Waals surface area contributed by atoms with Crippen molar-refractivity contribution in [3.8, 4) is 0 Å². The third-order valence-corrected chi connectivity index (χ3v) is 4.17. The molecule has 2 N–H and O–H groups in total. The zero-order valence-corrected chi connectivity index (χ0v) is 12.4. The van der Waals surface area contributed by atoms with Crippen molar-refractivity contribution >= 4 is 5.97 Å². The molecular formula is C14H27N3O2. The van der Waals surface area contributed by atoms with E-state index in [1.807, 2.05) is 6.92 Å². The standard InChI is InChI=1S/C14H27N3O2/c1-14(13(18)19,15-11-6-7-11)10-17-8-4-5-12(17)9-16(2)3/h11-12,15H,4-10H2,1-3H3,(H,18,19). The van der Waals surface area contributed by atoms with Crippen LogP contribution in [0.3, 0.4) is 0 Å². The number of rotatable bonds is 7. The topological polar surface area (TPSA) is 55.8 Å². The van der Waals surface area contributed by atoms with Crippen molar-refractivity contribution in [2.24, 2.45) is 0 Å². The van der Waals surface area contributed by atoms with E-state index >= 15 is 0 Å². The average molecular weight is 269 g/mol. The fraction of sp³-hybridized carbons (Fsp3) is 0.929.